The van der Waals surface area contributed by atoms with Gasteiger partial charge < -0.3 is 19.7 Å². The lowest BCUT2D eigenvalue weighted by molar-refractivity contribution is -0.274. The third-order valence-corrected chi connectivity index (χ3v) is 4.88. The van der Waals surface area contributed by atoms with Crippen LogP contribution in [0.1, 0.15) is 19.3 Å². The number of hydrogen-bond acceptors (Lipinski definition) is 4. The van der Waals surface area contributed by atoms with Gasteiger partial charge in [0.15, 0.2) is 0 Å². The van der Waals surface area contributed by atoms with Crippen LogP contribution in [0.5, 0.6) is 5.75 Å². The van der Waals surface area contributed by atoms with Gasteiger partial charge >= 0.3 is 6.36 Å². The number of amides is 1. The van der Waals surface area contributed by atoms with Gasteiger partial charge in [0.1, 0.15) is 5.75 Å². The van der Waals surface area contributed by atoms with E-state index >= 15 is 0 Å². The highest BCUT2D eigenvalue weighted by Crippen LogP contribution is 2.28. The van der Waals surface area contributed by atoms with E-state index in [2.05, 4.69) is 15.0 Å². The van der Waals surface area contributed by atoms with Crippen LogP contribution in [-0.4, -0.2) is 45.1 Å². The molecule has 0 aromatic heterocycles. The molecular formula is C18H23F3N2O3. The molecule has 1 atom stereocenters. The molecule has 0 saturated carbocycles. The van der Waals surface area contributed by atoms with Crippen molar-refractivity contribution in [2.75, 3.05) is 37.7 Å². The van der Waals surface area contributed by atoms with Gasteiger partial charge in [-0.25, -0.2) is 0 Å². The number of carbonyl (C=O) groups is 1. The van der Waals surface area contributed by atoms with E-state index in [9.17, 15) is 18.0 Å². The molecule has 2 heterocycles. The van der Waals surface area contributed by atoms with Gasteiger partial charge in [-0.15, -0.1) is 13.2 Å². The monoisotopic (exact) mass is 372 g/mol. The molecule has 2 aliphatic rings. The Morgan fingerprint density at radius 2 is 1.88 bits per heavy atom. The molecule has 2 saturated heterocycles. The molecule has 26 heavy (non-hydrogen) atoms. The van der Waals surface area contributed by atoms with Crippen LogP contribution in [0.2, 0.25) is 0 Å². The van der Waals surface area contributed by atoms with Crippen molar-refractivity contribution in [2.24, 2.45) is 11.8 Å². The Morgan fingerprint density at radius 1 is 1.19 bits per heavy atom. The van der Waals surface area contributed by atoms with E-state index in [-0.39, 0.29) is 17.6 Å². The largest absolute Gasteiger partial charge is 0.573 e. The van der Waals surface area contributed by atoms with Gasteiger partial charge in [-0.05, 0) is 49.4 Å². The van der Waals surface area contributed by atoms with Gasteiger partial charge in [-0.1, -0.05) is 0 Å². The molecule has 1 amide bonds. The van der Waals surface area contributed by atoms with E-state index in [1.165, 1.54) is 12.1 Å². The van der Waals surface area contributed by atoms with Crippen LogP contribution in [0.25, 0.3) is 0 Å². The molecule has 1 N–H and O–H groups in total. The molecule has 0 aliphatic carbocycles. The van der Waals surface area contributed by atoms with Gasteiger partial charge in [0.05, 0.1) is 0 Å². The van der Waals surface area contributed by atoms with E-state index in [1.54, 1.807) is 12.1 Å². The molecule has 5 nitrogen and oxygen atoms in total. The van der Waals surface area contributed by atoms with E-state index in [0.29, 0.717) is 25.7 Å². The molecule has 3 rings (SSSR count). The first-order chi connectivity index (χ1) is 12.4. The second-order valence-corrected chi connectivity index (χ2v) is 6.77. The second kappa shape index (κ2) is 8.16. The fourth-order valence-corrected chi connectivity index (χ4v) is 3.44. The quantitative estimate of drug-likeness (QED) is 0.864. The molecule has 8 heteroatoms. The van der Waals surface area contributed by atoms with E-state index in [0.717, 1.165) is 38.0 Å². The first kappa shape index (κ1) is 18.8. The lowest BCUT2D eigenvalue weighted by Crippen LogP contribution is -2.37. The Hall–Kier alpha value is -1.96. The first-order valence-corrected chi connectivity index (χ1v) is 8.87. The van der Waals surface area contributed by atoms with Crippen molar-refractivity contribution in [2.45, 2.75) is 25.6 Å². The summed E-state index contributed by atoms with van der Waals surface area (Å²) >= 11 is 0. The summed E-state index contributed by atoms with van der Waals surface area (Å²) in [6.45, 7) is 3.50. The number of benzene rings is 1. The summed E-state index contributed by atoms with van der Waals surface area (Å²) in [6.07, 6.45) is -2.19. The predicted octanol–water partition coefficient (Wildman–Crippen LogP) is 2.95. The van der Waals surface area contributed by atoms with Gasteiger partial charge in [0.25, 0.3) is 0 Å². The Bertz CT molecular complexity index is 601. The van der Waals surface area contributed by atoms with Crippen molar-refractivity contribution in [1.82, 2.24) is 5.32 Å². The lowest BCUT2D eigenvalue weighted by Gasteiger charge is -2.22. The standard InChI is InChI=1S/C18H23F3N2O3/c19-18(20,21)26-16-3-1-15(2-4-16)23-8-5-13(12-23)11-22-17(24)14-6-9-25-10-7-14/h1-4,13-14H,5-12H2,(H,22,24)/t13-/m1/s1. The van der Waals surface area contributed by atoms with Crippen molar-refractivity contribution >= 4 is 11.6 Å². The molecule has 2 aliphatic heterocycles. The Kier molecular flexibility index (Phi) is 5.90. The molecule has 0 unspecified atom stereocenters. The van der Waals surface area contributed by atoms with E-state index in [1.807, 2.05) is 0 Å². The third kappa shape index (κ3) is 5.27. The van der Waals surface area contributed by atoms with Crippen LogP contribution in [-0.2, 0) is 9.53 Å². The summed E-state index contributed by atoms with van der Waals surface area (Å²) in [7, 11) is 0. The molecule has 1 aromatic carbocycles. The van der Waals surface area contributed by atoms with Crippen LogP contribution >= 0.6 is 0 Å². The highest BCUT2D eigenvalue weighted by Gasteiger charge is 2.31. The van der Waals surface area contributed by atoms with Crippen molar-refractivity contribution in [3.8, 4) is 5.75 Å². The van der Waals surface area contributed by atoms with Gasteiger partial charge in [-0.3, -0.25) is 4.79 Å². The summed E-state index contributed by atoms with van der Waals surface area (Å²) in [6, 6.07) is 5.90. The highest BCUT2D eigenvalue weighted by molar-refractivity contribution is 5.78. The van der Waals surface area contributed by atoms with E-state index in [4.69, 9.17) is 4.74 Å². The minimum absolute atomic E-state index is 0.0439. The van der Waals surface area contributed by atoms with Crippen LogP contribution in [0.15, 0.2) is 24.3 Å². The van der Waals surface area contributed by atoms with Crippen LogP contribution in [0, 0.1) is 11.8 Å². The maximum atomic E-state index is 12.2. The van der Waals surface area contributed by atoms with Crippen molar-refractivity contribution < 1.29 is 27.4 Å². The number of halogens is 3. The van der Waals surface area contributed by atoms with Gasteiger partial charge in [0, 0.05) is 44.5 Å². The van der Waals surface area contributed by atoms with Gasteiger partial charge in [-0.2, -0.15) is 0 Å². The van der Waals surface area contributed by atoms with Crippen LogP contribution < -0.4 is 15.0 Å². The second-order valence-electron chi connectivity index (χ2n) is 6.77. The minimum atomic E-state index is -4.68. The summed E-state index contributed by atoms with van der Waals surface area (Å²) in [5.41, 5.74) is 0.859. The van der Waals surface area contributed by atoms with Crippen molar-refractivity contribution in [3.63, 3.8) is 0 Å². The maximum absolute atomic E-state index is 12.2. The SMILES string of the molecule is O=C(NC[C@H]1CCN(c2ccc(OC(F)(F)F)cc2)C1)C1CCOCC1. The smallest absolute Gasteiger partial charge is 0.406 e. The molecule has 1 aromatic rings. The predicted molar refractivity (Wildman–Crippen MR) is 90.0 cm³/mol. The minimum Gasteiger partial charge on any atom is -0.406 e. The average Bonchev–Trinajstić information content (AvgIpc) is 3.09. The fourth-order valence-electron chi connectivity index (χ4n) is 3.44. The van der Waals surface area contributed by atoms with Gasteiger partial charge in [0.2, 0.25) is 5.91 Å². The number of nitrogens with one attached hydrogen (secondary N) is 1. The molecule has 0 radical (unpaired) electrons. The lowest BCUT2D eigenvalue weighted by atomic mass is 9.99. The molecule has 144 valence electrons. The maximum Gasteiger partial charge on any atom is 0.573 e. The normalized spacial score (nSPS) is 21.7. The first-order valence-electron chi connectivity index (χ1n) is 8.87. The summed E-state index contributed by atoms with van der Waals surface area (Å²) in [5, 5.41) is 3.04. The fraction of sp³-hybridized carbons (Fsp3) is 0.611. The van der Waals surface area contributed by atoms with Crippen molar-refractivity contribution in [3.05, 3.63) is 24.3 Å². The Labute approximate surface area is 150 Å². The number of nitrogens with zero attached hydrogens (tertiary/aromatic N) is 1. The van der Waals surface area contributed by atoms with E-state index < -0.39 is 6.36 Å². The number of alkyl halides is 3. The Morgan fingerprint density at radius 3 is 2.54 bits per heavy atom. The summed E-state index contributed by atoms with van der Waals surface area (Å²) < 4.78 is 45.8. The van der Waals surface area contributed by atoms with Crippen molar-refractivity contribution in [1.29, 1.82) is 0 Å². The highest BCUT2D eigenvalue weighted by atomic mass is 19.4. The molecule has 2 fully saturated rings. The zero-order chi connectivity index (χ0) is 18.6. The number of ether oxygens (including phenoxy) is 2. The zero-order valence-electron chi connectivity index (χ0n) is 14.4. The van der Waals surface area contributed by atoms with Crippen LogP contribution in [0.4, 0.5) is 18.9 Å². The number of hydrogen-bond donors (Lipinski definition) is 1. The summed E-state index contributed by atoms with van der Waals surface area (Å²) in [5.74, 6) is 0.258. The number of rotatable bonds is 5. The number of anilines is 1. The Balaban J connectivity index is 1.45. The topological polar surface area (TPSA) is 50.8 Å². The zero-order valence-corrected chi connectivity index (χ0v) is 14.4. The van der Waals surface area contributed by atoms with Crippen LogP contribution in [0.3, 0.4) is 0 Å². The summed E-state index contributed by atoms with van der Waals surface area (Å²) in [4.78, 5) is 14.3. The molecular weight excluding hydrogens is 349 g/mol. The molecule has 0 spiro atoms. The number of carbonyl (C=O) groups excluding carboxylic acids is 1. The average molecular weight is 372 g/mol. The molecule has 0 bridgehead atoms. The third-order valence-electron chi connectivity index (χ3n) is 4.88.